The number of nitro groups is 1. The topological polar surface area (TPSA) is 93.8 Å². The number of nitrogens with one attached hydrogen (secondary N) is 1. The number of amides is 1. The number of methoxy groups -OCH3 is 1. The van der Waals surface area contributed by atoms with Crippen molar-refractivity contribution in [2.24, 2.45) is 5.10 Å². The molecule has 0 aromatic heterocycles. The molecule has 7 nitrogen and oxygen atoms in total. The Morgan fingerprint density at radius 1 is 1.30 bits per heavy atom. The first kappa shape index (κ1) is 16.4. The van der Waals surface area contributed by atoms with Crippen molar-refractivity contribution in [3.8, 4) is 5.75 Å². The standard InChI is InChI=1S/C15H12ClN3O4/c1-23-12-5-3-11(4-6-12)15(20)18-17-9-10-2-7-13(16)14(8-10)19(21)22/h2-9H,1H3,(H,18,20)/b17-9-. The van der Waals surface area contributed by atoms with Crippen molar-refractivity contribution in [1.82, 2.24) is 5.43 Å². The Morgan fingerprint density at radius 2 is 2.00 bits per heavy atom. The van der Waals surface area contributed by atoms with Crippen LogP contribution in [0.25, 0.3) is 0 Å². The van der Waals surface area contributed by atoms with Gasteiger partial charge in [-0.3, -0.25) is 14.9 Å². The van der Waals surface area contributed by atoms with Crippen LogP contribution in [0.2, 0.25) is 5.02 Å². The zero-order chi connectivity index (χ0) is 16.8. The van der Waals surface area contributed by atoms with Crippen LogP contribution in [0.5, 0.6) is 5.75 Å². The molecule has 1 amide bonds. The number of nitrogens with zero attached hydrogens (tertiary/aromatic N) is 2. The Morgan fingerprint density at radius 3 is 2.61 bits per heavy atom. The number of rotatable bonds is 5. The Hall–Kier alpha value is -2.93. The highest BCUT2D eigenvalue weighted by Crippen LogP contribution is 2.24. The van der Waals surface area contributed by atoms with E-state index < -0.39 is 10.8 Å². The molecule has 2 aromatic rings. The van der Waals surface area contributed by atoms with Gasteiger partial charge >= 0.3 is 0 Å². The summed E-state index contributed by atoms with van der Waals surface area (Å²) in [6.07, 6.45) is 1.30. The molecular weight excluding hydrogens is 322 g/mol. The van der Waals surface area contributed by atoms with Gasteiger partial charge in [0.2, 0.25) is 0 Å². The molecule has 1 N–H and O–H groups in total. The summed E-state index contributed by atoms with van der Waals surface area (Å²) < 4.78 is 5.00. The summed E-state index contributed by atoms with van der Waals surface area (Å²) in [5.41, 5.74) is 2.96. The zero-order valence-electron chi connectivity index (χ0n) is 12.0. The highest BCUT2D eigenvalue weighted by atomic mass is 35.5. The molecule has 0 aliphatic rings. The molecule has 118 valence electrons. The minimum Gasteiger partial charge on any atom is -0.497 e. The van der Waals surface area contributed by atoms with Gasteiger partial charge in [-0.2, -0.15) is 5.10 Å². The van der Waals surface area contributed by atoms with Gasteiger partial charge in [0.15, 0.2) is 0 Å². The van der Waals surface area contributed by atoms with Gasteiger partial charge in [-0.25, -0.2) is 5.43 Å². The molecule has 0 saturated carbocycles. The normalized spacial score (nSPS) is 10.5. The first-order valence-electron chi connectivity index (χ1n) is 6.42. The van der Waals surface area contributed by atoms with Crippen molar-refractivity contribution in [3.05, 3.63) is 68.7 Å². The van der Waals surface area contributed by atoms with Gasteiger partial charge in [0.25, 0.3) is 11.6 Å². The molecule has 23 heavy (non-hydrogen) atoms. The van der Waals surface area contributed by atoms with E-state index in [9.17, 15) is 14.9 Å². The van der Waals surface area contributed by atoms with Crippen LogP contribution >= 0.6 is 11.6 Å². The van der Waals surface area contributed by atoms with E-state index in [-0.39, 0.29) is 10.7 Å². The molecule has 0 atom stereocenters. The van der Waals surface area contributed by atoms with E-state index in [0.717, 1.165) is 0 Å². The molecule has 0 aliphatic carbocycles. The minimum absolute atomic E-state index is 0.0365. The molecule has 0 radical (unpaired) electrons. The van der Waals surface area contributed by atoms with Gasteiger partial charge < -0.3 is 4.74 Å². The fourth-order valence-electron chi connectivity index (χ4n) is 1.72. The first-order chi connectivity index (χ1) is 11.0. The van der Waals surface area contributed by atoms with Crippen LogP contribution in [0.3, 0.4) is 0 Å². The first-order valence-corrected chi connectivity index (χ1v) is 6.80. The maximum atomic E-state index is 11.9. The Labute approximate surface area is 136 Å². The molecule has 2 aromatic carbocycles. The number of hydrogen-bond acceptors (Lipinski definition) is 5. The molecule has 0 saturated heterocycles. The molecule has 0 bridgehead atoms. The average Bonchev–Trinajstić information content (AvgIpc) is 2.56. The van der Waals surface area contributed by atoms with Gasteiger partial charge in [0, 0.05) is 17.2 Å². The second-order valence-corrected chi connectivity index (χ2v) is 4.80. The van der Waals surface area contributed by atoms with E-state index in [1.807, 2.05) is 0 Å². The Bertz CT molecular complexity index is 760. The van der Waals surface area contributed by atoms with Gasteiger partial charge in [-0.1, -0.05) is 17.7 Å². The van der Waals surface area contributed by atoms with Crippen molar-refractivity contribution in [3.63, 3.8) is 0 Å². The van der Waals surface area contributed by atoms with Crippen LogP contribution in [0, 0.1) is 10.1 Å². The van der Waals surface area contributed by atoms with Crippen LogP contribution in [0.1, 0.15) is 15.9 Å². The number of carbonyl (C=O) groups is 1. The van der Waals surface area contributed by atoms with Gasteiger partial charge in [0.1, 0.15) is 10.8 Å². The van der Waals surface area contributed by atoms with E-state index in [1.54, 1.807) is 30.3 Å². The maximum absolute atomic E-state index is 11.9. The second-order valence-electron chi connectivity index (χ2n) is 4.40. The van der Waals surface area contributed by atoms with Crippen LogP contribution in [0.4, 0.5) is 5.69 Å². The van der Waals surface area contributed by atoms with E-state index in [1.165, 1.54) is 25.5 Å². The van der Waals surface area contributed by atoms with Crippen LogP contribution < -0.4 is 10.2 Å². The fourth-order valence-corrected chi connectivity index (χ4v) is 1.91. The summed E-state index contributed by atoms with van der Waals surface area (Å²) in [4.78, 5) is 22.1. The number of benzene rings is 2. The lowest BCUT2D eigenvalue weighted by molar-refractivity contribution is -0.384. The lowest BCUT2D eigenvalue weighted by Gasteiger charge is -2.02. The van der Waals surface area contributed by atoms with Crippen LogP contribution in [-0.4, -0.2) is 24.2 Å². The number of hydrogen-bond donors (Lipinski definition) is 1. The summed E-state index contributed by atoms with van der Waals surface area (Å²) in [5, 5.41) is 14.6. The van der Waals surface area contributed by atoms with Gasteiger partial charge in [0.05, 0.1) is 18.2 Å². The van der Waals surface area contributed by atoms with E-state index >= 15 is 0 Å². The highest BCUT2D eigenvalue weighted by Gasteiger charge is 2.12. The summed E-state index contributed by atoms with van der Waals surface area (Å²) in [7, 11) is 1.53. The van der Waals surface area contributed by atoms with Crippen molar-refractivity contribution in [2.75, 3.05) is 7.11 Å². The quantitative estimate of drug-likeness (QED) is 0.517. The van der Waals surface area contributed by atoms with Crippen molar-refractivity contribution < 1.29 is 14.5 Å². The van der Waals surface area contributed by atoms with Crippen molar-refractivity contribution >= 4 is 29.4 Å². The molecule has 0 heterocycles. The number of hydrazone groups is 1. The van der Waals surface area contributed by atoms with E-state index in [4.69, 9.17) is 16.3 Å². The summed E-state index contributed by atoms with van der Waals surface area (Å²) >= 11 is 5.71. The Balaban J connectivity index is 2.04. The number of nitro benzene ring substituents is 1. The molecule has 0 unspecified atom stereocenters. The third-order valence-electron chi connectivity index (χ3n) is 2.90. The van der Waals surface area contributed by atoms with Crippen LogP contribution in [-0.2, 0) is 0 Å². The van der Waals surface area contributed by atoms with Gasteiger partial charge in [-0.05, 0) is 30.3 Å². The van der Waals surface area contributed by atoms with E-state index in [2.05, 4.69) is 10.5 Å². The lowest BCUT2D eigenvalue weighted by Crippen LogP contribution is -2.17. The molecule has 0 spiro atoms. The number of carbonyl (C=O) groups excluding carboxylic acids is 1. The largest absolute Gasteiger partial charge is 0.497 e. The number of ether oxygens (including phenoxy) is 1. The predicted molar refractivity (Wildman–Crippen MR) is 86.2 cm³/mol. The lowest BCUT2D eigenvalue weighted by atomic mass is 10.2. The van der Waals surface area contributed by atoms with Gasteiger partial charge in [-0.15, -0.1) is 0 Å². The summed E-state index contributed by atoms with van der Waals surface area (Å²) in [5.74, 6) is 0.228. The number of halogens is 1. The SMILES string of the molecule is COc1ccc(C(=O)N/N=C\c2ccc(Cl)c([N+](=O)[O-])c2)cc1. The minimum atomic E-state index is -0.588. The monoisotopic (exact) mass is 333 g/mol. The second kappa shape index (κ2) is 7.37. The third kappa shape index (κ3) is 4.27. The zero-order valence-corrected chi connectivity index (χ0v) is 12.8. The van der Waals surface area contributed by atoms with Crippen molar-refractivity contribution in [1.29, 1.82) is 0 Å². The van der Waals surface area contributed by atoms with Crippen LogP contribution in [0.15, 0.2) is 47.6 Å². The predicted octanol–water partition coefficient (Wildman–Crippen LogP) is 3.02. The van der Waals surface area contributed by atoms with Crippen molar-refractivity contribution in [2.45, 2.75) is 0 Å². The van der Waals surface area contributed by atoms with E-state index in [0.29, 0.717) is 16.9 Å². The summed E-state index contributed by atoms with van der Waals surface area (Å²) in [6, 6.07) is 10.7. The molecule has 0 fully saturated rings. The maximum Gasteiger partial charge on any atom is 0.288 e. The third-order valence-corrected chi connectivity index (χ3v) is 3.22. The fraction of sp³-hybridized carbons (Fsp3) is 0.0667. The molecule has 2 rings (SSSR count). The Kier molecular flexibility index (Phi) is 5.27. The smallest absolute Gasteiger partial charge is 0.288 e. The summed E-state index contributed by atoms with van der Waals surface area (Å²) in [6.45, 7) is 0. The molecule has 0 aliphatic heterocycles. The molecule has 8 heteroatoms. The molecular formula is C15H12ClN3O4. The average molecular weight is 334 g/mol. The highest BCUT2D eigenvalue weighted by molar-refractivity contribution is 6.32.